The second-order valence-electron chi connectivity index (χ2n) is 6.54. The van der Waals surface area contributed by atoms with E-state index in [0.717, 1.165) is 32.4 Å². The van der Waals surface area contributed by atoms with E-state index in [0.29, 0.717) is 12.1 Å². The van der Waals surface area contributed by atoms with Gasteiger partial charge in [-0.25, -0.2) is 0 Å². The monoisotopic (exact) mass is 298 g/mol. The summed E-state index contributed by atoms with van der Waals surface area (Å²) in [4.78, 5) is 14.8. The number of methoxy groups -OCH3 is 1. The largest absolute Gasteiger partial charge is 0.468 e. The van der Waals surface area contributed by atoms with Crippen LogP contribution < -0.4 is 5.32 Å². The maximum Gasteiger partial charge on any atom is 0.326 e. The molecule has 2 atom stereocenters. The summed E-state index contributed by atoms with van der Waals surface area (Å²) in [6.45, 7) is 10.8. The Hall–Kier alpha value is -0.610. The van der Waals surface area contributed by atoms with Crippen LogP contribution in [-0.2, 0) is 9.53 Å². The highest BCUT2D eigenvalue weighted by molar-refractivity contribution is 5.81. The molecule has 4 heteroatoms. The number of hydrogen-bond donors (Lipinski definition) is 1. The molecule has 2 unspecified atom stereocenters. The summed E-state index contributed by atoms with van der Waals surface area (Å²) < 4.78 is 5.06. The van der Waals surface area contributed by atoms with Crippen LogP contribution >= 0.6 is 0 Å². The lowest BCUT2D eigenvalue weighted by molar-refractivity contribution is -0.148. The Balaban J connectivity index is 2.72. The molecule has 1 fully saturated rings. The predicted molar refractivity (Wildman–Crippen MR) is 87.4 cm³/mol. The van der Waals surface area contributed by atoms with Gasteiger partial charge in [0.1, 0.15) is 5.54 Å². The highest BCUT2D eigenvalue weighted by atomic mass is 16.5. The van der Waals surface area contributed by atoms with Gasteiger partial charge in [-0.3, -0.25) is 9.69 Å². The number of nitrogens with zero attached hydrogens (tertiary/aromatic N) is 1. The number of likely N-dealkylation sites (N-methyl/N-ethyl adjacent to an activating group) is 1. The molecule has 0 aromatic rings. The Kier molecular flexibility index (Phi) is 7.67. The molecule has 0 radical (unpaired) electrons. The topological polar surface area (TPSA) is 41.6 Å². The van der Waals surface area contributed by atoms with E-state index in [-0.39, 0.29) is 5.97 Å². The van der Waals surface area contributed by atoms with Crippen molar-refractivity contribution in [3.63, 3.8) is 0 Å². The lowest BCUT2D eigenvalue weighted by Gasteiger charge is -2.34. The van der Waals surface area contributed by atoms with Crippen molar-refractivity contribution in [2.24, 2.45) is 0 Å². The fourth-order valence-electron chi connectivity index (χ4n) is 3.66. The fourth-order valence-corrected chi connectivity index (χ4v) is 3.66. The third-order valence-corrected chi connectivity index (χ3v) is 4.73. The summed E-state index contributed by atoms with van der Waals surface area (Å²) in [6, 6.07) is 1.02. The first-order valence-electron chi connectivity index (χ1n) is 8.60. The average Bonchev–Trinajstić information content (AvgIpc) is 2.88. The van der Waals surface area contributed by atoms with Gasteiger partial charge in [-0.05, 0) is 52.6 Å². The van der Waals surface area contributed by atoms with Gasteiger partial charge in [-0.1, -0.05) is 26.7 Å². The van der Waals surface area contributed by atoms with Gasteiger partial charge in [0, 0.05) is 12.1 Å². The van der Waals surface area contributed by atoms with E-state index in [1.54, 1.807) is 0 Å². The Morgan fingerprint density at radius 1 is 1.38 bits per heavy atom. The second-order valence-corrected chi connectivity index (χ2v) is 6.54. The van der Waals surface area contributed by atoms with Crippen molar-refractivity contribution in [3.05, 3.63) is 0 Å². The van der Waals surface area contributed by atoms with Crippen molar-refractivity contribution < 1.29 is 9.53 Å². The van der Waals surface area contributed by atoms with Gasteiger partial charge in [-0.15, -0.1) is 0 Å². The second kappa shape index (κ2) is 8.74. The van der Waals surface area contributed by atoms with E-state index in [1.807, 2.05) is 0 Å². The molecule has 0 amide bonds. The van der Waals surface area contributed by atoms with Crippen LogP contribution in [0.25, 0.3) is 0 Å². The number of unbranched alkanes of at least 4 members (excludes halogenated alkanes) is 2. The molecule has 0 saturated heterocycles. The molecular weight excluding hydrogens is 264 g/mol. The molecule has 1 saturated carbocycles. The Morgan fingerprint density at radius 2 is 2.10 bits per heavy atom. The summed E-state index contributed by atoms with van der Waals surface area (Å²) in [5, 5.41) is 3.40. The van der Waals surface area contributed by atoms with Crippen molar-refractivity contribution in [3.8, 4) is 0 Å². The molecule has 1 N–H and O–H groups in total. The first kappa shape index (κ1) is 18.4. The Morgan fingerprint density at radius 3 is 2.62 bits per heavy atom. The maximum absolute atomic E-state index is 12.2. The molecule has 4 nitrogen and oxygen atoms in total. The zero-order chi connectivity index (χ0) is 15.9. The molecule has 1 rings (SSSR count). The Bertz CT molecular complexity index is 320. The van der Waals surface area contributed by atoms with Gasteiger partial charge in [0.15, 0.2) is 0 Å². The third kappa shape index (κ3) is 4.68. The number of esters is 1. The molecule has 0 bridgehead atoms. The molecule has 0 spiro atoms. The van der Waals surface area contributed by atoms with Gasteiger partial charge < -0.3 is 10.1 Å². The first-order valence-corrected chi connectivity index (χ1v) is 8.60. The van der Waals surface area contributed by atoms with Crippen molar-refractivity contribution in [1.82, 2.24) is 10.2 Å². The minimum absolute atomic E-state index is 0.0934. The van der Waals surface area contributed by atoms with Crippen LogP contribution in [0.3, 0.4) is 0 Å². The predicted octanol–water partition coefficient (Wildman–Crippen LogP) is 2.96. The molecule has 1 aliphatic carbocycles. The number of carbonyl (C=O) groups is 1. The van der Waals surface area contributed by atoms with Gasteiger partial charge >= 0.3 is 5.97 Å². The van der Waals surface area contributed by atoms with E-state index in [9.17, 15) is 4.79 Å². The number of rotatable bonds is 9. The van der Waals surface area contributed by atoms with Gasteiger partial charge in [0.05, 0.1) is 7.11 Å². The van der Waals surface area contributed by atoms with Crippen LogP contribution in [0, 0.1) is 0 Å². The van der Waals surface area contributed by atoms with E-state index in [2.05, 4.69) is 37.9 Å². The minimum Gasteiger partial charge on any atom is -0.468 e. The van der Waals surface area contributed by atoms with Crippen LogP contribution in [0.15, 0.2) is 0 Å². The van der Waals surface area contributed by atoms with Gasteiger partial charge in [-0.2, -0.15) is 0 Å². The zero-order valence-corrected chi connectivity index (χ0v) is 14.6. The van der Waals surface area contributed by atoms with Crippen LogP contribution in [0.1, 0.15) is 66.2 Å². The molecule has 0 aliphatic heterocycles. The summed E-state index contributed by atoms with van der Waals surface area (Å²) in [5.74, 6) is -0.0934. The molecular formula is C17H34N2O2. The normalized spacial score (nSPS) is 25.8. The summed E-state index contributed by atoms with van der Waals surface area (Å²) in [7, 11) is 1.50. The Labute approximate surface area is 130 Å². The smallest absolute Gasteiger partial charge is 0.326 e. The number of ether oxygens (including phenoxy) is 1. The number of hydrogen-bond acceptors (Lipinski definition) is 4. The number of carbonyl (C=O) groups excluding carboxylic acids is 1. The first-order chi connectivity index (χ1) is 10.0. The fraction of sp³-hybridized carbons (Fsp3) is 0.941. The van der Waals surface area contributed by atoms with Gasteiger partial charge in [0.25, 0.3) is 0 Å². The quantitative estimate of drug-likeness (QED) is 0.525. The van der Waals surface area contributed by atoms with Crippen LogP contribution in [-0.4, -0.2) is 48.7 Å². The van der Waals surface area contributed by atoms with Crippen LogP contribution in [0.2, 0.25) is 0 Å². The van der Waals surface area contributed by atoms with Crippen LogP contribution in [0.4, 0.5) is 0 Å². The van der Waals surface area contributed by atoms with Crippen molar-refractivity contribution >= 4 is 5.97 Å². The molecule has 0 aromatic heterocycles. The maximum atomic E-state index is 12.2. The van der Waals surface area contributed by atoms with E-state index in [1.165, 1.54) is 26.4 Å². The minimum atomic E-state index is -0.466. The highest BCUT2D eigenvalue weighted by Gasteiger charge is 2.47. The SMILES string of the molecule is CCCCCN(C(C)C)C1CCC(NCC)(C(=O)OC)C1. The standard InChI is InChI=1S/C17H34N2O2/c1-6-8-9-12-19(14(3)4)15-10-11-17(13-15,18-7-2)16(20)21-5/h14-15,18H,6-13H2,1-5H3. The van der Waals surface area contributed by atoms with E-state index < -0.39 is 5.54 Å². The summed E-state index contributed by atoms with van der Waals surface area (Å²) in [5.41, 5.74) is -0.466. The molecule has 1 aliphatic rings. The average molecular weight is 298 g/mol. The van der Waals surface area contributed by atoms with Gasteiger partial charge in [0.2, 0.25) is 0 Å². The van der Waals surface area contributed by atoms with Crippen molar-refractivity contribution in [2.45, 2.75) is 83.8 Å². The zero-order valence-electron chi connectivity index (χ0n) is 14.6. The molecule has 0 aromatic carbocycles. The van der Waals surface area contributed by atoms with Crippen molar-refractivity contribution in [1.29, 1.82) is 0 Å². The third-order valence-electron chi connectivity index (χ3n) is 4.73. The lowest BCUT2D eigenvalue weighted by Crippen LogP contribution is -2.52. The summed E-state index contributed by atoms with van der Waals surface area (Å²) >= 11 is 0. The molecule has 124 valence electrons. The van der Waals surface area contributed by atoms with Crippen molar-refractivity contribution in [2.75, 3.05) is 20.2 Å². The lowest BCUT2D eigenvalue weighted by atomic mass is 9.97. The molecule has 21 heavy (non-hydrogen) atoms. The summed E-state index contributed by atoms with van der Waals surface area (Å²) in [6.07, 6.45) is 6.61. The highest BCUT2D eigenvalue weighted by Crippen LogP contribution is 2.35. The molecule has 0 heterocycles. The number of nitrogens with one attached hydrogen (secondary N) is 1. The van der Waals surface area contributed by atoms with E-state index in [4.69, 9.17) is 4.74 Å². The van der Waals surface area contributed by atoms with Crippen LogP contribution in [0.5, 0.6) is 0 Å². The van der Waals surface area contributed by atoms with E-state index >= 15 is 0 Å².